The number of hydrogen-bond donors (Lipinski definition) is 4. The van der Waals surface area contributed by atoms with Crippen molar-refractivity contribution in [1.29, 1.82) is 0 Å². The summed E-state index contributed by atoms with van der Waals surface area (Å²) in [5, 5.41) is 18.0. The van der Waals surface area contributed by atoms with Gasteiger partial charge >= 0.3 is 5.97 Å². The lowest BCUT2D eigenvalue weighted by molar-refractivity contribution is -0.119. The molecule has 0 saturated heterocycles. The van der Waals surface area contributed by atoms with Gasteiger partial charge in [-0.3, -0.25) is 9.89 Å². The molecule has 1 rings (SSSR count). The lowest BCUT2D eigenvalue weighted by atomic mass is 10.00. The van der Waals surface area contributed by atoms with Crippen LogP contribution in [-0.2, 0) is 11.3 Å². The third kappa shape index (κ3) is 3.87. The molecule has 17 heavy (non-hydrogen) atoms. The molecule has 0 aliphatic heterocycles. The molecule has 0 atom stereocenters. The van der Waals surface area contributed by atoms with E-state index in [2.05, 4.69) is 15.5 Å². The van der Waals surface area contributed by atoms with Crippen LogP contribution in [0, 0.1) is 0 Å². The van der Waals surface area contributed by atoms with Crippen LogP contribution in [0.5, 0.6) is 0 Å². The van der Waals surface area contributed by atoms with Crippen molar-refractivity contribution in [3.63, 3.8) is 0 Å². The van der Waals surface area contributed by atoms with E-state index in [4.69, 9.17) is 10.8 Å². The molecule has 0 saturated carbocycles. The Morgan fingerprint density at radius 3 is 2.76 bits per heavy atom. The van der Waals surface area contributed by atoms with Gasteiger partial charge in [0, 0.05) is 24.1 Å². The summed E-state index contributed by atoms with van der Waals surface area (Å²) in [7, 11) is 0. The smallest absolute Gasteiger partial charge is 0.354 e. The Balaban J connectivity index is 2.64. The Kier molecular flexibility index (Phi) is 3.84. The molecule has 94 valence electrons. The number of nitrogens with one attached hydrogen (secondary N) is 2. The molecule has 0 bridgehead atoms. The van der Waals surface area contributed by atoms with Gasteiger partial charge in [0.05, 0.1) is 6.20 Å². The van der Waals surface area contributed by atoms with Gasteiger partial charge in [-0.15, -0.1) is 0 Å². The molecule has 5 N–H and O–H groups in total. The normalized spacial score (nSPS) is 11.4. The minimum atomic E-state index is -1.06. The molecule has 0 unspecified atom stereocenters. The van der Waals surface area contributed by atoms with Crippen molar-refractivity contribution in [2.45, 2.75) is 32.4 Å². The summed E-state index contributed by atoms with van der Waals surface area (Å²) in [5.41, 5.74) is 5.21. The van der Waals surface area contributed by atoms with Gasteiger partial charge in [-0.1, -0.05) is 0 Å². The Bertz CT molecular complexity index is 425. The van der Waals surface area contributed by atoms with E-state index < -0.39 is 17.4 Å². The number of nitrogens with two attached hydrogens (primary N) is 1. The minimum absolute atomic E-state index is 0.0485. The number of carboxylic acids is 1. The molecule has 1 aromatic rings. The molecule has 0 aliphatic carbocycles. The van der Waals surface area contributed by atoms with Crippen molar-refractivity contribution in [2.24, 2.45) is 5.73 Å². The van der Waals surface area contributed by atoms with Gasteiger partial charge in [-0.2, -0.15) is 5.10 Å². The van der Waals surface area contributed by atoms with Gasteiger partial charge < -0.3 is 16.2 Å². The van der Waals surface area contributed by atoms with Gasteiger partial charge in [0.2, 0.25) is 5.91 Å². The van der Waals surface area contributed by atoms with Crippen LogP contribution in [0.4, 0.5) is 0 Å². The highest BCUT2D eigenvalue weighted by Gasteiger charge is 2.21. The molecule has 0 spiro atoms. The maximum Gasteiger partial charge on any atom is 0.354 e. The summed E-state index contributed by atoms with van der Waals surface area (Å²) >= 11 is 0. The predicted molar refractivity (Wildman–Crippen MR) is 60.3 cm³/mol. The molecular formula is C10H16N4O3. The number of H-pyrrole nitrogens is 1. The van der Waals surface area contributed by atoms with E-state index in [9.17, 15) is 9.59 Å². The number of carbonyl (C=O) groups excluding carboxylic acids is 1. The van der Waals surface area contributed by atoms with Crippen LogP contribution in [0.1, 0.15) is 36.3 Å². The van der Waals surface area contributed by atoms with Gasteiger partial charge in [0.1, 0.15) is 5.69 Å². The number of carboxylic acid groups (broad SMARTS) is 1. The van der Waals surface area contributed by atoms with E-state index >= 15 is 0 Å². The van der Waals surface area contributed by atoms with E-state index in [1.165, 1.54) is 6.20 Å². The lowest BCUT2D eigenvalue weighted by Crippen LogP contribution is -2.42. The van der Waals surface area contributed by atoms with Crippen molar-refractivity contribution in [3.8, 4) is 0 Å². The maximum atomic E-state index is 10.8. The molecular weight excluding hydrogens is 224 g/mol. The second-order valence-electron chi connectivity index (χ2n) is 4.46. The molecule has 1 aromatic heterocycles. The molecule has 0 radical (unpaired) electrons. The quantitative estimate of drug-likeness (QED) is 0.551. The maximum absolute atomic E-state index is 10.8. The number of carbonyl (C=O) groups is 2. The van der Waals surface area contributed by atoms with Crippen LogP contribution >= 0.6 is 0 Å². The number of aromatic amines is 1. The van der Waals surface area contributed by atoms with Crippen molar-refractivity contribution < 1.29 is 14.7 Å². The standard InChI is InChI=1S/C10H16N4O3/c1-10(2,3-7(11)15)12-4-6-5-13-14-8(6)9(16)17/h5,12H,3-4H2,1-2H3,(H2,11,15)(H,13,14)(H,16,17). The fourth-order valence-corrected chi connectivity index (χ4v) is 1.46. The lowest BCUT2D eigenvalue weighted by Gasteiger charge is -2.24. The van der Waals surface area contributed by atoms with E-state index in [0.29, 0.717) is 12.1 Å². The molecule has 0 aromatic carbocycles. The Morgan fingerprint density at radius 1 is 1.59 bits per heavy atom. The topological polar surface area (TPSA) is 121 Å². The molecule has 7 nitrogen and oxygen atoms in total. The molecule has 0 aliphatic rings. The Hall–Kier alpha value is -1.89. The SMILES string of the molecule is CC(C)(CC(N)=O)NCc1cn[nH]c1C(=O)O. The van der Waals surface area contributed by atoms with Crippen LogP contribution < -0.4 is 11.1 Å². The molecule has 7 heteroatoms. The first kappa shape index (κ1) is 13.2. The Labute approximate surface area is 98.4 Å². The zero-order valence-corrected chi connectivity index (χ0v) is 9.78. The first-order valence-electron chi connectivity index (χ1n) is 5.11. The van der Waals surface area contributed by atoms with Crippen molar-refractivity contribution in [1.82, 2.24) is 15.5 Å². The monoisotopic (exact) mass is 240 g/mol. The molecule has 1 amide bonds. The first-order chi connectivity index (χ1) is 7.82. The number of nitrogens with zero attached hydrogens (tertiary/aromatic N) is 1. The number of primary amides is 1. The average molecular weight is 240 g/mol. The second kappa shape index (κ2) is 4.96. The minimum Gasteiger partial charge on any atom is -0.477 e. The molecule has 1 heterocycles. The summed E-state index contributed by atoms with van der Waals surface area (Å²) in [6.07, 6.45) is 1.62. The van der Waals surface area contributed by atoms with Gasteiger partial charge in [0.25, 0.3) is 0 Å². The third-order valence-corrected chi connectivity index (χ3v) is 2.31. The van der Waals surface area contributed by atoms with Crippen LogP contribution in [0.2, 0.25) is 0 Å². The van der Waals surface area contributed by atoms with Crippen LogP contribution in [0.3, 0.4) is 0 Å². The predicted octanol–water partition coefficient (Wildman–Crippen LogP) is -0.148. The highest BCUT2D eigenvalue weighted by atomic mass is 16.4. The largest absolute Gasteiger partial charge is 0.477 e. The summed E-state index contributed by atoms with van der Waals surface area (Å²) in [5.74, 6) is -1.47. The molecule has 0 fully saturated rings. The van der Waals surface area contributed by atoms with E-state index in [1.54, 1.807) is 0 Å². The van der Waals surface area contributed by atoms with Crippen LogP contribution in [0.15, 0.2) is 6.20 Å². The zero-order valence-electron chi connectivity index (χ0n) is 9.78. The van der Waals surface area contributed by atoms with Crippen LogP contribution in [-0.4, -0.2) is 32.7 Å². The van der Waals surface area contributed by atoms with Gasteiger partial charge in [-0.05, 0) is 13.8 Å². The van der Waals surface area contributed by atoms with Crippen molar-refractivity contribution >= 4 is 11.9 Å². The number of amides is 1. The highest BCUT2D eigenvalue weighted by molar-refractivity contribution is 5.86. The summed E-state index contributed by atoms with van der Waals surface area (Å²) in [4.78, 5) is 21.6. The second-order valence-corrected chi connectivity index (χ2v) is 4.46. The number of hydrogen-bond acceptors (Lipinski definition) is 4. The van der Waals surface area contributed by atoms with E-state index in [-0.39, 0.29) is 12.1 Å². The zero-order chi connectivity index (χ0) is 13.1. The number of aromatic nitrogens is 2. The van der Waals surface area contributed by atoms with Gasteiger partial charge in [-0.25, -0.2) is 4.79 Å². The first-order valence-corrected chi connectivity index (χ1v) is 5.11. The highest BCUT2D eigenvalue weighted by Crippen LogP contribution is 2.11. The number of aromatic carboxylic acids is 1. The average Bonchev–Trinajstić information content (AvgIpc) is 2.60. The summed E-state index contributed by atoms with van der Waals surface area (Å²) in [6, 6.07) is 0. The van der Waals surface area contributed by atoms with Crippen LogP contribution in [0.25, 0.3) is 0 Å². The number of rotatable bonds is 6. The van der Waals surface area contributed by atoms with E-state index in [1.807, 2.05) is 13.8 Å². The third-order valence-electron chi connectivity index (χ3n) is 2.31. The summed E-state index contributed by atoms with van der Waals surface area (Å²) < 4.78 is 0. The van der Waals surface area contributed by atoms with E-state index in [0.717, 1.165) is 0 Å². The fourth-order valence-electron chi connectivity index (χ4n) is 1.46. The Morgan fingerprint density at radius 2 is 2.24 bits per heavy atom. The van der Waals surface area contributed by atoms with Crippen molar-refractivity contribution in [2.75, 3.05) is 0 Å². The fraction of sp³-hybridized carbons (Fsp3) is 0.500. The van der Waals surface area contributed by atoms with Crippen molar-refractivity contribution in [3.05, 3.63) is 17.5 Å². The van der Waals surface area contributed by atoms with Gasteiger partial charge in [0.15, 0.2) is 0 Å². The summed E-state index contributed by atoms with van der Waals surface area (Å²) in [6.45, 7) is 3.94.